The van der Waals surface area contributed by atoms with E-state index in [1.165, 1.54) is 18.5 Å². The number of hydrogen-bond donors (Lipinski definition) is 1. The molecule has 1 aromatic heterocycles. The molecular formula is C13H18N2O2. The van der Waals surface area contributed by atoms with Gasteiger partial charge in [-0.3, -0.25) is 9.78 Å². The number of piperidine rings is 1. The average Bonchev–Trinajstić information content (AvgIpc) is 2.28. The van der Waals surface area contributed by atoms with E-state index in [-0.39, 0.29) is 17.7 Å². The summed E-state index contributed by atoms with van der Waals surface area (Å²) in [6.45, 7) is 5.08. The summed E-state index contributed by atoms with van der Waals surface area (Å²) in [6.07, 6.45) is 4.92. The number of carbonyl (C=O) groups is 1. The molecule has 4 nitrogen and oxygen atoms in total. The zero-order chi connectivity index (χ0) is 12.4. The summed E-state index contributed by atoms with van der Waals surface area (Å²) in [5, 5.41) is 9.34. The van der Waals surface area contributed by atoms with Crippen LogP contribution in [0.4, 0.5) is 0 Å². The third kappa shape index (κ3) is 2.57. The molecule has 0 aromatic carbocycles. The van der Waals surface area contributed by atoms with Crippen LogP contribution in [-0.4, -0.2) is 33.5 Å². The number of aromatic hydroxyl groups is 1. The Morgan fingerprint density at radius 2 is 2.24 bits per heavy atom. The third-order valence-electron chi connectivity index (χ3n) is 3.37. The number of hydrogen-bond acceptors (Lipinski definition) is 3. The minimum atomic E-state index is -0.0344. The van der Waals surface area contributed by atoms with E-state index in [1.807, 2.05) is 4.90 Å². The van der Waals surface area contributed by atoms with Gasteiger partial charge in [0.1, 0.15) is 5.75 Å². The molecular weight excluding hydrogens is 216 g/mol. The van der Waals surface area contributed by atoms with Gasteiger partial charge < -0.3 is 10.0 Å². The summed E-state index contributed by atoms with van der Waals surface area (Å²) >= 11 is 0. The van der Waals surface area contributed by atoms with Gasteiger partial charge in [0, 0.05) is 18.8 Å². The molecule has 2 rings (SSSR count). The van der Waals surface area contributed by atoms with Crippen LogP contribution < -0.4 is 0 Å². The van der Waals surface area contributed by atoms with Gasteiger partial charge in [-0.25, -0.2) is 0 Å². The summed E-state index contributed by atoms with van der Waals surface area (Å²) in [5.41, 5.74) is 0.464. The van der Waals surface area contributed by atoms with Gasteiger partial charge in [-0.2, -0.15) is 0 Å². The smallest absolute Gasteiger partial charge is 0.255 e. The van der Waals surface area contributed by atoms with Gasteiger partial charge in [-0.15, -0.1) is 0 Å². The Bertz CT molecular complexity index is 420. The molecule has 2 atom stereocenters. The minimum absolute atomic E-state index is 0.0344. The molecule has 17 heavy (non-hydrogen) atoms. The number of nitrogens with zero attached hydrogens (tertiary/aromatic N) is 2. The SMILES string of the molecule is CC1CCN(C(=O)c2cncc(O)c2)C(C)C1. The Hall–Kier alpha value is -1.58. The maximum Gasteiger partial charge on any atom is 0.255 e. The predicted octanol–water partition coefficient (Wildman–Crippen LogP) is 2.05. The first-order valence-electron chi connectivity index (χ1n) is 6.03. The van der Waals surface area contributed by atoms with Gasteiger partial charge in [-0.05, 0) is 31.7 Å². The van der Waals surface area contributed by atoms with Crippen molar-refractivity contribution in [1.82, 2.24) is 9.88 Å². The lowest BCUT2D eigenvalue weighted by Gasteiger charge is -2.36. The van der Waals surface area contributed by atoms with Gasteiger partial charge in [-0.1, -0.05) is 6.92 Å². The molecule has 4 heteroatoms. The van der Waals surface area contributed by atoms with Crippen molar-refractivity contribution in [1.29, 1.82) is 0 Å². The molecule has 1 amide bonds. The Morgan fingerprint density at radius 1 is 1.47 bits per heavy atom. The van der Waals surface area contributed by atoms with E-state index in [1.54, 1.807) is 0 Å². The topological polar surface area (TPSA) is 53.4 Å². The number of aromatic nitrogens is 1. The fourth-order valence-electron chi connectivity index (χ4n) is 2.42. The quantitative estimate of drug-likeness (QED) is 0.809. The van der Waals surface area contributed by atoms with Crippen molar-refractivity contribution < 1.29 is 9.90 Å². The van der Waals surface area contributed by atoms with Gasteiger partial charge in [0.05, 0.1) is 11.8 Å². The second kappa shape index (κ2) is 4.73. The van der Waals surface area contributed by atoms with Crippen molar-refractivity contribution in [2.24, 2.45) is 5.92 Å². The van der Waals surface area contributed by atoms with E-state index in [2.05, 4.69) is 18.8 Å². The Morgan fingerprint density at radius 3 is 2.88 bits per heavy atom. The van der Waals surface area contributed by atoms with E-state index < -0.39 is 0 Å². The lowest BCUT2D eigenvalue weighted by Crippen LogP contribution is -2.44. The Balaban J connectivity index is 2.15. The summed E-state index contributed by atoms with van der Waals surface area (Å²) in [6, 6.07) is 1.73. The summed E-state index contributed by atoms with van der Waals surface area (Å²) in [4.78, 5) is 18.0. The zero-order valence-electron chi connectivity index (χ0n) is 10.3. The second-order valence-corrected chi connectivity index (χ2v) is 4.91. The lowest BCUT2D eigenvalue weighted by atomic mass is 9.93. The van der Waals surface area contributed by atoms with Crippen molar-refractivity contribution in [3.05, 3.63) is 24.0 Å². The highest BCUT2D eigenvalue weighted by Crippen LogP contribution is 2.24. The zero-order valence-corrected chi connectivity index (χ0v) is 10.3. The van der Waals surface area contributed by atoms with Gasteiger partial charge in [0.25, 0.3) is 5.91 Å². The molecule has 0 saturated carbocycles. The first kappa shape index (κ1) is 11.9. The molecule has 1 aromatic rings. The molecule has 1 saturated heterocycles. The van der Waals surface area contributed by atoms with E-state index in [4.69, 9.17) is 0 Å². The molecule has 1 fully saturated rings. The fraction of sp³-hybridized carbons (Fsp3) is 0.538. The van der Waals surface area contributed by atoms with Crippen molar-refractivity contribution in [2.45, 2.75) is 32.7 Å². The summed E-state index contributed by atoms with van der Waals surface area (Å²) < 4.78 is 0. The van der Waals surface area contributed by atoms with Crippen LogP contribution in [-0.2, 0) is 0 Å². The van der Waals surface area contributed by atoms with Crippen LogP contribution in [0.15, 0.2) is 18.5 Å². The van der Waals surface area contributed by atoms with E-state index in [9.17, 15) is 9.90 Å². The van der Waals surface area contributed by atoms with E-state index >= 15 is 0 Å². The Labute approximate surface area is 101 Å². The molecule has 0 aliphatic carbocycles. The van der Waals surface area contributed by atoms with Crippen molar-refractivity contribution >= 4 is 5.91 Å². The van der Waals surface area contributed by atoms with Crippen LogP contribution in [0.2, 0.25) is 0 Å². The normalized spacial score (nSPS) is 24.7. The van der Waals surface area contributed by atoms with Crippen LogP contribution in [0, 0.1) is 5.92 Å². The molecule has 2 heterocycles. The molecule has 2 unspecified atom stereocenters. The summed E-state index contributed by atoms with van der Waals surface area (Å²) in [5.74, 6) is 0.679. The molecule has 1 aliphatic heterocycles. The minimum Gasteiger partial charge on any atom is -0.506 e. The number of rotatable bonds is 1. The third-order valence-corrected chi connectivity index (χ3v) is 3.37. The molecule has 0 radical (unpaired) electrons. The van der Waals surface area contributed by atoms with E-state index in [0.29, 0.717) is 11.5 Å². The highest BCUT2D eigenvalue weighted by molar-refractivity contribution is 5.94. The average molecular weight is 234 g/mol. The van der Waals surface area contributed by atoms with Crippen LogP contribution >= 0.6 is 0 Å². The van der Waals surface area contributed by atoms with Gasteiger partial charge in [0.15, 0.2) is 0 Å². The molecule has 1 N–H and O–H groups in total. The molecule has 0 spiro atoms. The van der Waals surface area contributed by atoms with Crippen molar-refractivity contribution in [3.63, 3.8) is 0 Å². The van der Waals surface area contributed by atoms with Gasteiger partial charge >= 0.3 is 0 Å². The van der Waals surface area contributed by atoms with E-state index in [0.717, 1.165) is 19.4 Å². The molecule has 92 valence electrons. The highest BCUT2D eigenvalue weighted by atomic mass is 16.3. The predicted molar refractivity (Wildman–Crippen MR) is 64.8 cm³/mol. The first-order valence-corrected chi connectivity index (χ1v) is 6.03. The highest BCUT2D eigenvalue weighted by Gasteiger charge is 2.27. The van der Waals surface area contributed by atoms with Crippen LogP contribution in [0.5, 0.6) is 5.75 Å². The van der Waals surface area contributed by atoms with Crippen LogP contribution in [0.1, 0.15) is 37.0 Å². The second-order valence-electron chi connectivity index (χ2n) is 4.91. The van der Waals surface area contributed by atoms with Crippen molar-refractivity contribution in [2.75, 3.05) is 6.54 Å². The largest absolute Gasteiger partial charge is 0.506 e. The number of carbonyl (C=O) groups excluding carboxylic acids is 1. The van der Waals surface area contributed by atoms with Crippen molar-refractivity contribution in [3.8, 4) is 5.75 Å². The maximum atomic E-state index is 12.2. The summed E-state index contributed by atoms with van der Waals surface area (Å²) in [7, 11) is 0. The molecule has 0 bridgehead atoms. The maximum absolute atomic E-state index is 12.2. The first-order chi connectivity index (χ1) is 8.08. The fourth-order valence-corrected chi connectivity index (χ4v) is 2.42. The van der Waals surface area contributed by atoms with Crippen LogP contribution in [0.25, 0.3) is 0 Å². The van der Waals surface area contributed by atoms with Crippen LogP contribution in [0.3, 0.4) is 0 Å². The standard InChI is InChI=1S/C13H18N2O2/c1-9-3-4-15(10(2)5-9)13(17)11-6-12(16)8-14-7-11/h6-10,16H,3-5H2,1-2H3. The number of amides is 1. The number of likely N-dealkylation sites (tertiary alicyclic amines) is 1. The Kier molecular flexibility index (Phi) is 3.31. The number of pyridine rings is 1. The molecule has 1 aliphatic rings. The monoisotopic (exact) mass is 234 g/mol. The lowest BCUT2D eigenvalue weighted by molar-refractivity contribution is 0.0588. The van der Waals surface area contributed by atoms with Gasteiger partial charge in [0.2, 0.25) is 0 Å².